The standard InChI is InChI=1S/C7H9O3PS/c8-11(9,10)6-12-7-4-2-1-3-5-7/h1-5H,6H2,(H2,8,9,10)/i6+1. The third-order valence-electron chi connectivity index (χ3n) is 1.14. The molecule has 0 spiro atoms. The molecule has 0 unspecified atom stereocenters. The van der Waals surface area contributed by atoms with Crippen LogP contribution in [0.5, 0.6) is 0 Å². The van der Waals surface area contributed by atoms with E-state index in [1.54, 1.807) is 0 Å². The van der Waals surface area contributed by atoms with E-state index in [9.17, 15) is 4.57 Å². The Morgan fingerprint density at radius 2 is 1.83 bits per heavy atom. The SMILES string of the molecule is O=P(O)(O)[13CH2]Sc1ccccc1. The molecule has 12 heavy (non-hydrogen) atoms. The van der Waals surface area contributed by atoms with Crippen molar-refractivity contribution >= 4 is 19.4 Å². The molecular formula is C7H9O3PS. The Morgan fingerprint density at radius 3 is 2.33 bits per heavy atom. The van der Waals surface area contributed by atoms with Crippen molar-refractivity contribution in [1.82, 2.24) is 0 Å². The lowest BCUT2D eigenvalue weighted by Crippen LogP contribution is -1.81. The van der Waals surface area contributed by atoms with Gasteiger partial charge in [-0.3, -0.25) is 4.57 Å². The Balaban J connectivity index is 2.50. The van der Waals surface area contributed by atoms with E-state index in [0.717, 1.165) is 16.7 Å². The van der Waals surface area contributed by atoms with Gasteiger partial charge in [0, 0.05) is 4.90 Å². The average molecular weight is 205 g/mol. The maximum absolute atomic E-state index is 10.5. The summed E-state index contributed by atoms with van der Waals surface area (Å²) < 4.78 is 10.5. The highest BCUT2D eigenvalue weighted by Gasteiger charge is 2.12. The molecule has 0 bridgehead atoms. The van der Waals surface area contributed by atoms with Crippen molar-refractivity contribution in [3.05, 3.63) is 30.3 Å². The highest BCUT2D eigenvalue weighted by molar-refractivity contribution is 8.04. The fourth-order valence-electron chi connectivity index (χ4n) is 0.675. The monoisotopic (exact) mass is 205 g/mol. The van der Waals surface area contributed by atoms with Crippen LogP contribution in [0.25, 0.3) is 0 Å². The maximum Gasteiger partial charge on any atom is 0.335 e. The summed E-state index contributed by atoms with van der Waals surface area (Å²) in [5.41, 5.74) is -0.156. The molecule has 66 valence electrons. The zero-order chi connectivity index (χ0) is 9.03. The maximum atomic E-state index is 10.5. The Hall–Kier alpha value is -0.280. The molecule has 0 aliphatic heterocycles. The van der Waals surface area contributed by atoms with Crippen LogP contribution in [0.4, 0.5) is 0 Å². The zero-order valence-corrected chi connectivity index (χ0v) is 7.96. The van der Waals surface area contributed by atoms with Gasteiger partial charge in [-0.05, 0) is 12.1 Å². The summed E-state index contributed by atoms with van der Waals surface area (Å²) in [6.45, 7) is 0. The van der Waals surface area contributed by atoms with Gasteiger partial charge in [0.05, 0.1) is 0 Å². The molecule has 0 aliphatic carbocycles. The van der Waals surface area contributed by atoms with Crippen LogP contribution in [-0.4, -0.2) is 15.3 Å². The molecule has 0 aliphatic rings. The molecule has 0 saturated carbocycles. The van der Waals surface area contributed by atoms with Gasteiger partial charge in [0.2, 0.25) is 0 Å². The smallest absolute Gasteiger partial charge is 0.324 e. The first-order valence-electron chi connectivity index (χ1n) is 3.30. The highest BCUT2D eigenvalue weighted by atomic mass is 32.2. The summed E-state index contributed by atoms with van der Waals surface area (Å²) in [6.07, 6.45) is 0. The van der Waals surface area contributed by atoms with Crippen LogP contribution in [0.1, 0.15) is 0 Å². The molecule has 3 nitrogen and oxygen atoms in total. The quantitative estimate of drug-likeness (QED) is 0.449. The Morgan fingerprint density at radius 1 is 1.25 bits per heavy atom. The third-order valence-corrected chi connectivity index (χ3v) is 3.61. The molecule has 0 heterocycles. The van der Waals surface area contributed by atoms with Crippen molar-refractivity contribution in [3.8, 4) is 0 Å². The van der Waals surface area contributed by atoms with Crippen molar-refractivity contribution < 1.29 is 14.4 Å². The van der Waals surface area contributed by atoms with E-state index in [2.05, 4.69) is 0 Å². The number of hydrogen-bond donors (Lipinski definition) is 2. The van der Waals surface area contributed by atoms with E-state index >= 15 is 0 Å². The normalized spacial score (nSPS) is 11.5. The van der Waals surface area contributed by atoms with Gasteiger partial charge in [0.25, 0.3) is 0 Å². The molecule has 1 rings (SSSR count). The minimum Gasteiger partial charge on any atom is -0.324 e. The second-order valence-corrected chi connectivity index (χ2v) is 5.37. The Bertz CT molecular complexity index is 282. The molecule has 0 atom stereocenters. The van der Waals surface area contributed by atoms with Gasteiger partial charge in [-0.15, -0.1) is 11.8 Å². The number of thioether (sulfide) groups is 1. The third kappa shape index (κ3) is 3.93. The van der Waals surface area contributed by atoms with E-state index in [1.165, 1.54) is 0 Å². The minimum absolute atomic E-state index is 0.156. The largest absolute Gasteiger partial charge is 0.335 e. The van der Waals surface area contributed by atoms with Crippen molar-refractivity contribution in [2.45, 2.75) is 4.90 Å². The first-order chi connectivity index (χ1) is 5.58. The number of hydrogen-bond acceptors (Lipinski definition) is 2. The lowest BCUT2D eigenvalue weighted by atomic mass is 10.4. The van der Waals surface area contributed by atoms with E-state index < -0.39 is 7.60 Å². The van der Waals surface area contributed by atoms with Crippen LogP contribution in [0, 0.1) is 0 Å². The van der Waals surface area contributed by atoms with Crippen molar-refractivity contribution in [3.63, 3.8) is 0 Å². The van der Waals surface area contributed by atoms with Crippen LogP contribution < -0.4 is 0 Å². The fraction of sp³-hybridized carbons (Fsp3) is 0.143. The molecule has 0 amide bonds. The second-order valence-electron chi connectivity index (χ2n) is 2.25. The highest BCUT2D eigenvalue weighted by Crippen LogP contribution is 2.40. The summed E-state index contributed by atoms with van der Waals surface area (Å²) in [5.74, 6) is 0. The first-order valence-corrected chi connectivity index (χ1v) is 6.09. The van der Waals surface area contributed by atoms with Gasteiger partial charge < -0.3 is 9.79 Å². The molecule has 0 radical (unpaired) electrons. The lowest BCUT2D eigenvalue weighted by molar-refractivity contribution is 0.379. The summed E-state index contributed by atoms with van der Waals surface area (Å²) >= 11 is 1.16. The predicted molar refractivity (Wildman–Crippen MR) is 49.2 cm³/mol. The van der Waals surface area contributed by atoms with Crippen LogP contribution in [-0.2, 0) is 4.57 Å². The van der Waals surface area contributed by atoms with Crippen LogP contribution >= 0.6 is 19.4 Å². The first kappa shape index (κ1) is 9.81. The minimum atomic E-state index is -3.87. The average Bonchev–Trinajstić information content (AvgIpc) is 2.02. The van der Waals surface area contributed by atoms with E-state index in [4.69, 9.17) is 9.79 Å². The molecule has 5 heteroatoms. The van der Waals surface area contributed by atoms with Gasteiger partial charge in [-0.1, -0.05) is 18.2 Å². The number of rotatable bonds is 3. The van der Waals surface area contributed by atoms with Crippen LogP contribution in [0.3, 0.4) is 0 Å². The van der Waals surface area contributed by atoms with Gasteiger partial charge in [-0.2, -0.15) is 0 Å². The molecular weight excluding hydrogens is 196 g/mol. The molecule has 0 saturated heterocycles. The lowest BCUT2D eigenvalue weighted by Gasteiger charge is -2.02. The molecule has 0 aromatic heterocycles. The van der Waals surface area contributed by atoms with Gasteiger partial charge in [0.1, 0.15) is 5.49 Å². The number of benzene rings is 1. The van der Waals surface area contributed by atoms with Crippen molar-refractivity contribution in [2.24, 2.45) is 0 Å². The van der Waals surface area contributed by atoms with Gasteiger partial charge in [0.15, 0.2) is 0 Å². The topological polar surface area (TPSA) is 57.5 Å². The van der Waals surface area contributed by atoms with Crippen molar-refractivity contribution in [2.75, 3.05) is 5.49 Å². The summed E-state index contributed by atoms with van der Waals surface area (Å²) in [5, 5.41) is 0. The van der Waals surface area contributed by atoms with E-state index in [1.807, 2.05) is 30.3 Å². The predicted octanol–water partition coefficient (Wildman–Crippen LogP) is 1.91. The van der Waals surface area contributed by atoms with E-state index in [0.29, 0.717) is 0 Å². The molecule has 0 fully saturated rings. The van der Waals surface area contributed by atoms with Crippen molar-refractivity contribution in [1.29, 1.82) is 0 Å². The van der Waals surface area contributed by atoms with E-state index in [-0.39, 0.29) is 5.49 Å². The summed E-state index contributed by atoms with van der Waals surface area (Å²) in [7, 11) is -3.87. The molecule has 1 aromatic rings. The molecule has 2 N–H and O–H groups in total. The fourth-order valence-corrected chi connectivity index (χ4v) is 2.29. The van der Waals surface area contributed by atoms with Gasteiger partial charge in [-0.25, -0.2) is 0 Å². The Kier molecular flexibility index (Phi) is 3.35. The van der Waals surface area contributed by atoms with Crippen LogP contribution in [0.2, 0.25) is 0 Å². The zero-order valence-electron chi connectivity index (χ0n) is 6.25. The second kappa shape index (κ2) is 4.10. The van der Waals surface area contributed by atoms with Gasteiger partial charge >= 0.3 is 7.60 Å². The summed E-state index contributed by atoms with van der Waals surface area (Å²) in [6, 6.07) is 9.17. The van der Waals surface area contributed by atoms with Crippen LogP contribution in [0.15, 0.2) is 35.2 Å². The summed E-state index contributed by atoms with van der Waals surface area (Å²) in [4.78, 5) is 18.0. The Labute approximate surface area is 75.0 Å². The molecule has 1 aromatic carbocycles.